The van der Waals surface area contributed by atoms with E-state index < -0.39 is 0 Å². The minimum absolute atomic E-state index is 0.430. The summed E-state index contributed by atoms with van der Waals surface area (Å²) in [4.78, 5) is 14.4. The van der Waals surface area contributed by atoms with Gasteiger partial charge in [0.2, 0.25) is 0 Å². The van der Waals surface area contributed by atoms with E-state index in [-0.39, 0.29) is 0 Å². The second kappa shape index (κ2) is 5.86. The van der Waals surface area contributed by atoms with Gasteiger partial charge in [0.05, 0.1) is 20.0 Å². The van der Waals surface area contributed by atoms with E-state index in [0.717, 1.165) is 17.8 Å². The number of aldehydes is 1. The molecular weight excluding hydrogens is 232 g/mol. The standard InChI is InChI=1S/C13H14N2O3/c1-17-12-2-4-13(5-3-12)18-7-6-15-8-11(9-16)14-10-15/h2-5,8-10H,6-7H2,1H3. The van der Waals surface area contributed by atoms with Gasteiger partial charge in [-0.25, -0.2) is 4.98 Å². The molecule has 94 valence electrons. The Kier molecular flexibility index (Phi) is 3.96. The normalized spacial score (nSPS) is 10.1. The number of aromatic nitrogens is 2. The number of ether oxygens (including phenoxy) is 2. The Morgan fingerprint density at radius 2 is 2.00 bits per heavy atom. The number of methoxy groups -OCH3 is 1. The van der Waals surface area contributed by atoms with Gasteiger partial charge in [-0.3, -0.25) is 4.79 Å². The second-order valence-electron chi connectivity index (χ2n) is 3.68. The molecule has 0 aliphatic rings. The Labute approximate surface area is 105 Å². The topological polar surface area (TPSA) is 53.4 Å². The fourth-order valence-electron chi connectivity index (χ4n) is 1.50. The van der Waals surface area contributed by atoms with E-state index in [4.69, 9.17) is 9.47 Å². The molecule has 0 bridgehead atoms. The number of hydrogen-bond acceptors (Lipinski definition) is 4. The molecule has 2 rings (SSSR count). The zero-order chi connectivity index (χ0) is 12.8. The SMILES string of the molecule is COc1ccc(OCCn2cnc(C=O)c2)cc1. The predicted octanol–water partition coefficient (Wildman–Crippen LogP) is 1.78. The van der Waals surface area contributed by atoms with Crippen LogP contribution in [0.5, 0.6) is 11.5 Å². The lowest BCUT2D eigenvalue weighted by Gasteiger charge is -2.07. The van der Waals surface area contributed by atoms with E-state index >= 15 is 0 Å². The highest BCUT2D eigenvalue weighted by Gasteiger charge is 1.98. The first kappa shape index (κ1) is 12.2. The predicted molar refractivity (Wildman–Crippen MR) is 66.1 cm³/mol. The molecule has 5 heteroatoms. The van der Waals surface area contributed by atoms with Crippen molar-refractivity contribution < 1.29 is 14.3 Å². The molecule has 0 aliphatic carbocycles. The van der Waals surface area contributed by atoms with Gasteiger partial charge in [-0.1, -0.05) is 0 Å². The first-order valence-electron chi connectivity index (χ1n) is 5.55. The Hall–Kier alpha value is -2.30. The van der Waals surface area contributed by atoms with Crippen LogP contribution in [0.2, 0.25) is 0 Å². The summed E-state index contributed by atoms with van der Waals surface area (Å²) >= 11 is 0. The molecule has 0 radical (unpaired) electrons. The van der Waals surface area contributed by atoms with Crippen molar-refractivity contribution in [2.75, 3.05) is 13.7 Å². The molecule has 0 unspecified atom stereocenters. The summed E-state index contributed by atoms with van der Waals surface area (Å²) in [7, 11) is 1.62. The molecule has 0 aliphatic heterocycles. The van der Waals surface area contributed by atoms with Gasteiger partial charge in [-0.2, -0.15) is 0 Å². The van der Waals surface area contributed by atoms with Crippen molar-refractivity contribution in [3.05, 3.63) is 42.5 Å². The van der Waals surface area contributed by atoms with E-state index in [2.05, 4.69) is 4.98 Å². The molecule has 1 aromatic carbocycles. The maximum Gasteiger partial charge on any atom is 0.169 e. The quantitative estimate of drug-likeness (QED) is 0.729. The van der Waals surface area contributed by atoms with Crippen LogP contribution in [0.25, 0.3) is 0 Å². The summed E-state index contributed by atoms with van der Waals surface area (Å²) in [5, 5.41) is 0. The van der Waals surface area contributed by atoms with Crippen molar-refractivity contribution in [1.82, 2.24) is 9.55 Å². The van der Waals surface area contributed by atoms with Gasteiger partial charge in [0.25, 0.3) is 0 Å². The molecule has 0 fully saturated rings. The summed E-state index contributed by atoms with van der Waals surface area (Å²) in [6.45, 7) is 1.16. The van der Waals surface area contributed by atoms with Crippen LogP contribution in [0, 0.1) is 0 Å². The smallest absolute Gasteiger partial charge is 0.169 e. The van der Waals surface area contributed by atoms with Crippen LogP contribution in [0.4, 0.5) is 0 Å². The Morgan fingerprint density at radius 1 is 1.28 bits per heavy atom. The van der Waals surface area contributed by atoms with Crippen molar-refractivity contribution in [2.45, 2.75) is 6.54 Å². The summed E-state index contributed by atoms with van der Waals surface area (Å²) in [5.74, 6) is 1.58. The third-order valence-electron chi connectivity index (χ3n) is 2.45. The van der Waals surface area contributed by atoms with E-state index in [1.54, 1.807) is 19.6 Å². The maximum absolute atomic E-state index is 10.5. The Morgan fingerprint density at radius 3 is 2.61 bits per heavy atom. The van der Waals surface area contributed by atoms with Crippen LogP contribution in [-0.4, -0.2) is 29.6 Å². The van der Waals surface area contributed by atoms with Crippen molar-refractivity contribution in [1.29, 1.82) is 0 Å². The van der Waals surface area contributed by atoms with Crippen LogP contribution in [0.3, 0.4) is 0 Å². The monoisotopic (exact) mass is 246 g/mol. The lowest BCUT2D eigenvalue weighted by Crippen LogP contribution is -2.06. The molecule has 0 amide bonds. The largest absolute Gasteiger partial charge is 0.497 e. The highest BCUT2D eigenvalue weighted by atomic mass is 16.5. The molecule has 18 heavy (non-hydrogen) atoms. The van der Waals surface area contributed by atoms with Crippen LogP contribution in [0.15, 0.2) is 36.8 Å². The molecule has 1 aromatic heterocycles. The zero-order valence-electron chi connectivity index (χ0n) is 10.1. The Bertz CT molecular complexity index is 505. The van der Waals surface area contributed by atoms with Gasteiger partial charge in [0, 0.05) is 6.20 Å². The van der Waals surface area contributed by atoms with Crippen LogP contribution in [-0.2, 0) is 6.54 Å². The van der Waals surface area contributed by atoms with Crippen LogP contribution >= 0.6 is 0 Å². The average molecular weight is 246 g/mol. The molecule has 0 atom stereocenters. The first-order valence-corrected chi connectivity index (χ1v) is 5.55. The molecule has 1 heterocycles. The van der Waals surface area contributed by atoms with Gasteiger partial charge in [-0.15, -0.1) is 0 Å². The third kappa shape index (κ3) is 3.10. The van der Waals surface area contributed by atoms with Gasteiger partial charge < -0.3 is 14.0 Å². The molecule has 0 N–H and O–H groups in total. The minimum Gasteiger partial charge on any atom is -0.497 e. The molecule has 0 saturated heterocycles. The third-order valence-corrected chi connectivity index (χ3v) is 2.45. The summed E-state index contributed by atoms with van der Waals surface area (Å²) in [6.07, 6.45) is 4.02. The van der Waals surface area contributed by atoms with E-state index in [1.807, 2.05) is 28.8 Å². The minimum atomic E-state index is 0.430. The highest BCUT2D eigenvalue weighted by Crippen LogP contribution is 2.16. The summed E-state index contributed by atoms with van der Waals surface area (Å²) < 4.78 is 12.4. The molecule has 2 aromatic rings. The average Bonchev–Trinajstić information content (AvgIpc) is 2.87. The van der Waals surface area contributed by atoms with Gasteiger partial charge in [0.15, 0.2) is 6.29 Å². The number of hydrogen-bond donors (Lipinski definition) is 0. The number of imidazole rings is 1. The number of carbonyl (C=O) groups excluding carboxylic acids is 1. The number of benzene rings is 1. The lowest BCUT2D eigenvalue weighted by molar-refractivity contribution is 0.111. The van der Waals surface area contributed by atoms with E-state index in [9.17, 15) is 4.79 Å². The van der Waals surface area contributed by atoms with Gasteiger partial charge in [-0.05, 0) is 24.3 Å². The van der Waals surface area contributed by atoms with Gasteiger partial charge >= 0.3 is 0 Å². The summed E-state index contributed by atoms with van der Waals surface area (Å²) in [5.41, 5.74) is 0.430. The highest BCUT2D eigenvalue weighted by molar-refractivity contribution is 5.70. The molecule has 0 saturated carbocycles. The first-order chi connectivity index (χ1) is 8.81. The molecular formula is C13H14N2O3. The fraction of sp³-hybridized carbons (Fsp3) is 0.231. The van der Waals surface area contributed by atoms with Crippen molar-refractivity contribution in [3.8, 4) is 11.5 Å². The second-order valence-corrected chi connectivity index (χ2v) is 3.68. The fourth-order valence-corrected chi connectivity index (χ4v) is 1.50. The number of carbonyl (C=O) groups is 1. The van der Waals surface area contributed by atoms with Crippen LogP contribution in [0.1, 0.15) is 10.5 Å². The van der Waals surface area contributed by atoms with Crippen molar-refractivity contribution in [3.63, 3.8) is 0 Å². The molecule has 5 nitrogen and oxygen atoms in total. The van der Waals surface area contributed by atoms with E-state index in [1.165, 1.54) is 0 Å². The number of rotatable bonds is 6. The van der Waals surface area contributed by atoms with E-state index in [0.29, 0.717) is 18.8 Å². The lowest BCUT2D eigenvalue weighted by atomic mass is 10.3. The van der Waals surface area contributed by atoms with Gasteiger partial charge in [0.1, 0.15) is 23.8 Å². The Balaban J connectivity index is 1.82. The van der Waals surface area contributed by atoms with Crippen molar-refractivity contribution in [2.24, 2.45) is 0 Å². The number of nitrogens with zero attached hydrogens (tertiary/aromatic N) is 2. The molecule has 0 spiro atoms. The van der Waals surface area contributed by atoms with Crippen LogP contribution < -0.4 is 9.47 Å². The van der Waals surface area contributed by atoms with Crippen molar-refractivity contribution >= 4 is 6.29 Å². The maximum atomic E-state index is 10.5. The zero-order valence-corrected chi connectivity index (χ0v) is 10.1. The summed E-state index contributed by atoms with van der Waals surface area (Å²) in [6, 6.07) is 7.39.